The minimum Gasteiger partial charge on any atom is -0.311 e. The van der Waals surface area contributed by atoms with Crippen molar-refractivity contribution in [2.24, 2.45) is 0 Å². The van der Waals surface area contributed by atoms with Crippen molar-refractivity contribution in [3.05, 3.63) is 26.4 Å². The summed E-state index contributed by atoms with van der Waals surface area (Å²) in [6, 6.07) is 2.60. The molecule has 14 heavy (non-hydrogen) atoms. The van der Waals surface area contributed by atoms with Crippen molar-refractivity contribution < 1.29 is 0 Å². The Hall–Kier alpha value is -0.120. The maximum absolute atomic E-state index is 3.46. The van der Waals surface area contributed by atoms with E-state index < -0.39 is 0 Å². The number of halogens is 1. The van der Waals surface area contributed by atoms with Crippen LogP contribution in [0.3, 0.4) is 0 Å². The monoisotopic (exact) mass is 273 g/mol. The lowest BCUT2D eigenvalue weighted by Crippen LogP contribution is -2.26. The average molecular weight is 274 g/mol. The van der Waals surface area contributed by atoms with Gasteiger partial charge in [-0.05, 0) is 48.5 Å². The third kappa shape index (κ3) is 3.56. The van der Waals surface area contributed by atoms with Crippen LogP contribution in [0.4, 0.5) is 0 Å². The van der Waals surface area contributed by atoms with Crippen LogP contribution in [0.2, 0.25) is 0 Å². The van der Waals surface area contributed by atoms with Gasteiger partial charge in [0.1, 0.15) is 0 Å². The summed E-state index contributed by atoms with van der Waals surface area (Å²) < 4.78 is 1.16. The second-order valence-electron chi connectivity index (χ2n) is 3.34. The molecule has 1 N–H and O–H groups in total. The predicted molar refractivity (Wildman–Crippen MR) is 68.8 cm³/mol. The molecule has 0 saturated heterocycles. The second kappa shape index (κ2) is 5.69. The highest BCUT2D eigenvalue weighted by Crippen LogP contribution is 2.22. The quantitative estimate of drug-likeness (QED) is 0.877. The lowest BCUT2D eigenvalue weighted by atomic mass is 10.1. The van der Waals surface area contributed by atoms with Crippen molar-refractivity contribution in [1.29, 1.82) is 0 Å². The van der Waals surface area contributed by atoms with E-state index in [2.05, 4.69) is 59.5 Å². The number of thiophene rings is 1. The van der Waals surface area contributed by atoms with Crippen molar-refractivity contribution in [3.63, 3.8) is 0 Å². The second-order valence-corrected chi connectivity index (χ2v) is 5.19. The van der Waals surface area contributed by atoms with Crippen LogP contribution in [-0.2, 0) is 0 Å². The van der Waals surface area contributed by atoms with Crippen LogP contribution in [0.15, 0.2) is 21.5 Å². The van der Waals surface area contributed by atoms with Gasteiger partial charge in [-0.25, -0.2) is 0 Å². The molecule has 0 amide bonds. The van der Waals surface area contributed by atoms with Gasteiger partial charge in [-0.2, -0.15) is 0 Å². The molecule has 1 unspecified atom stereocenters. The van der Waals surface area contributed by atoms with E-state index in [0.717, 1.165) is 11.0 Å². The van der Waals surface area contributed by atoms with Crippen molar-refractivity contribution in [3.8, 4) is 0 Å². The first kappa shape index (κ1) is 12.0. The van der Waals surface area contributed by atoms with Crippen molar-refractivity contribution in [2.45, 2.75) is 26.8 Å². The van der Waals surface area contributed by atoms with Crippen LogP contribution in [0.1, 0.15) is 25.6 Å². The van der Waals surface area contributed by atoms with Gasteiger partial charge in [0, 0.05) is 20.8 Å². The summed E-state index contributed by atoms with van der Waals surface area (Å²) in [5, 5.41) is 5.51. The molecule has 1 atom stereocenters. The molecule has 0 radical (unpaired) electrons. The fourth-order valence-corrected chi connectivity index (χ4v) is 2.66. The molecule has 0 aliphatic rings. The summed E-state index contributed by atoms with van der Waals surface area (Å²) in [4.78, 5) is 1.30. The molecule has 0 aliphatic heterocycles. The maximum atomic E-state index is 3.46. The van der Waals surface area contributed by atoms with Gasteiger partial charge in [0.2, 0.25) is 0 Å². The highest BCUT2D eigenvalue weighted by Gasteiger charge is 2.02. The molecule has 0 fully saturated rings. The molecule has 0 saturated carbocycles. The van der Waals surface area contributed by atoms with Crippen molar-refractivity contribution in [1.82, 2.24) is 5.32 Å². The van der Waals surface area contributed by atoms with Gasteiger partial charge in [0.15, 0.2) is 0 Å². The topological polar surface area (TPSA) is 12.0 Å². The van der Waals surface area contributed by atoms with Gasteiger partial charge >= 0.3 is 0 Å². The minimum atomic E-state index is 0.459. The third-order valence-corrected chi connectivity index (χ3v) is 3.79. The predicted octanol–water partition coefficient (Wildman–Crippen LogP) is 3.91. The van der Waals surface area contributed by atoms with Crippen molar-refractivity contribution in [2.75, 3.05) is 6.54 Å². The standard InChI is InChI=1S/C11H16BrNS/c1-4-13-9(3)8(2)5-11-6-10(12)7-14-11/h5-7,9,13H,4H2,1-3H3. The van der Waals surface area contributed by atoms with E-state index in [1.165, 1.54) is 10.5 Å². The van der Waals surface area contributed by atoms with Crippen molar-refractivity contribution >= 4 is 33.3 Å². The zero-order valence-corrected chi connectivity index (χ0v) is 11.2. The number of likely N-dealkylation sites (N-methyl/N-ethyl adjacent to an activating group) is 1. The summed E-state index contributed by atoms with van der Waals surface area (Å²) >= 11 is 5.22. The SMILES string of the molecule is CCNC(C)C(C)=Cc1cc(Br)cs1. The van der Waals surface area contributed by atoms with Gasteiger partial charge in [-0.3, -0.25) is 0 Å². The Bertz CT molecular complexity index is 317. The number of rotatable bonds is 4. The fraction of sp³-hybridized carbons (Fsp3) is 0.455. The fourth-order valence-electron chi connectivity index (χ4n) is 1.22. The first-order valence-electron chi connectivity index (χ1n) is 4.79. The zero-order chi connectivity index (χ0) is 10.6. The summed E-state index contributed by atoms with van der Waals surface area (Å²) in [6.07, 6.45) is 2.24. The first-order valence-corrected chi connectivity index (χ1v) is 6.46. The Morgan fingerprint density at radius 2 is 2.43 bits per heavy atom. The minimum absolute atomic E-state index is 0.459. The molecular formula is C11H16BrNS. The highest BCUT2D eigenvalue weighted by atomic mass is 79.9. The zero-order valence-electron chi connectivity index (χ0n) is 8.80. The Kier molecular flexibility index (Phi) is 4.85. The molecule has 0 bridgehead atoms. The lowest BCUT2D eigenvalue weighted by Gasteiger charge is -2.12. The van der Waals surface area contributed by atoms with E-state index in [4.69, 9.17) is 0 Å². The normalized spacial score (nSPS) is 14.4. The van der Waals surface area contributed by atoms with Gasteiger partial charge < -0.3 is 5.32 Å². The number of hydrogen-bond acceptors (Lipinski definition) is 2. The Morgan fingerprint density at radius 1 is 1.71 bits per heavy atom. The molecule has 1 nitrogen and oxygen atoms in total. The van der Waals surface area contributed by atoms with Crippen LogP contribution in [-0.4, -0.2) is 12.6 Å². The van der Waals surface area contributed by atoms with E-state index in [1.54, 1.807) is 11.3 Å². The van der Waals surface area contributed by atoms with Gasteiger partial charge in [0.05, 0.1) is 0 Å². The molecule has 1 aromatic rings. The summed E-state index contributed by atoms with van der Waals surface area (Å²) in [5.74, 6) is 0. The van der Waals surface area contributed by atoms with Crippen LogP contribution in [0.5, 0.6) is 0 Å². The molecule has 1 heterocycles. The summed E-state index contributed by atoms with van der Waals surface area (Å²) in [5.41, 5.74) is 1.38. The molecular weight excluding hydrogens is 258 g/mol. The molecule has 0 aromatic carbocycles. The highest BCUT2D eigenvalue weighted by molar-refractivity contribution is 9.10. The van der Waals surface area contributed by atoms with E-state index in [1.807, 2.05) is 0 Å². The maximum Gasteiger partial charge on any atom is 0.0288 e. The Labute approximate surface area is 98.4 Å². The van der Waals surface area contributed by atoms with E-state index in [0.29, 0.717) is 6.04 Å². The van der Waals surface area contributed by atoms with E-state index >= 15 is 0 Å². The van der Waals surface area contributed by atoms with Crippen LogP contribution >= 0.6 is 27.3 Å². The van der Waals surface area contributed by atoms with E-state index in [9.17, 15) is 0 Å². The Balaban J connectivity index is 2.67. The number of hydrogen-bond donors (Lipinski definition) is 1. The smallest absolute Gasteiger partial charge is 0.0288 e. The summed E-state index contributed by atoms with van der Waals surface area (Å²) in [7, 11) is 0. The van der Waals surface area contributed by atoms with Gasteiger partial charge in [-0.15, -0.1) is 11.3 Å². The first-order chi connectivity index (χ1) is 6.63. The average Bonchev–Trinajstić information content (AvgIpc) is 2.51. The molecule has 3 heteroatoms. The molecule has 1 rings (SSSR count). The summed E-state index contributed by atoms with van der Waals surface area (Å²) in [6.45, 7) is 7.50. The Morgan fingerprint density at radius 3 is 2.93 bits per heavy atom. The lowest BCUT2D eigenvalue weighted by molar-refractivity contribution is 0.636. The van der Waals surface area contributed by atoms with Crippen LogP contribution < -0.4 is 5.32 Å². The third-order valence-electron chi connectivity index (χ3n) is 2.15. The van der Waals surface area contributed by atoms with Crippen LogP contribution in [0.25, 0.3) is 6.08 Å². The molecule has 0 spiro atoms. The molecule has 0 aliphatic carbocycles. The molecule has 1 aromatic heterocycles. The largest absolute Gasteiger partial charge is 0.311 e. The van der Waals surface area contributed by atoms with Gasteiger partial charge in [0.25, 0.3) is 0 Å². The molecule has 78 valence electrons. The van der Waals surface area contributed by atoms with Crippen LogP contribution in [0, 0.1) is 0 Å². The number of nitrogens with one attached hydrogen (secondary N) is 1. The van der Waals surface area contributed by atoms with Gasteiger partial charge in [-0.1, -0.05) is 12.5 Å². The van der Waals surface area contributed by atoms with E-state index in [-0.39, 0.29) is 0 Å².